The molecule has 0 aliphatic carbocycles. The topological polar surface area (TPSA) is 69.9 Å². The molecule has 1 aliphatic rings. The number of carbonyl (C=O) groups excluding carboxylic acids is 1. The Balaban J connectivity index is 1.36. The zero-order valence-electron chi connectivity index (χ0n) is 15.7. The van der Waals surface area contributed by atoms with Gasteiger partial charge in [0.2, 0.25) is 0 Å². The molecule has 2 aromatic carbocycles. The van der Waals surface area contributed by atoms with Crippen LogP contribution >= 0.6 is 0 Å². The zero-order valence-corrected chi connectivity index (χ0v) is 15.7. The summed E-state index contributed by atoms with van der Waals surface area (Å²) in [5, 5.41) is 6.24. The van der Waals surface area contributed by atoms with Gasteiger partial charge in [-0.05, 0) is 47.9 Å². The quantitative estimate of drug-likeness (QED) is 0.540. The number of rotatable bonds is 4. The van der Waals surface area contributed by atoms with Gasteiger partial charge in [0.05, 0.1) is 6.26 Å². The highest BCUT2D eigenvalue weighted by atomic mass is 16.3. The van der Waals surface area contributed by atoms with Crippen LogP contribution in [0.15, 0.2) is 76.3 Å². The van der Waals surface area contributed by atoms with Crippen LogP contribution in [0.1, 0.15) is 21.7 Å². The molecule has 0 atom stereocenters. The van der Waals surface area contributed by atoms with E-state index in [4.69, 9.17) is 4.42 Å². The van der Waals surface area contributed by atoms with E-state index in [9.17, 15) is 4.79 Å². The molecule has 142 valence electrons. The SMILES string of the molecule is CN=C(NCc1ccc(NC(=O)c2ccco2)cc1)N1CCc2ccccc21. The molecule has 0 radical (unpaired) electrons. The molecule has 0 fully saturated rings. The van der Waals surface area contributed by atoms with Crippen molar-refractivity contribution in [1.82, 2.24) is 5.32 Å². The van der Waals surface area contributed by atoms with Crippen LogP contribution in [0.2, 0.25) is 0 Å². The molecule has 6 nitrogen and oxygen atoms in total. The molecule has 4 rings (SSSR count). The Morgan fingerprint density at radius 3 is 2.68 bits per heavy atom. The number of nitrogens with zero attached hydrogens (tertiary/aromatic N) is 2. The summed E-state index contributed by atoms with van der Waals surface area (Å²) in [6.45, 7) is 1.58. The number of guanidine groups is 1. The molecular formula is C22H22N4O2. The lowest BCUT2D eigenvalue weighted by Gasteiger charge is -2.22. The van der Waals surface area contributed by atoms with Crippen LogP contribution < -0.4 is 15.5 Å². The third-order valence-corrected chi connectivity index (χ3v) is 4.76. The van der Waals surface area contributed by atoms with Crippen molar-refractivity contribution >= 4 is 23.2 Å². The molecule has 2 heterocycles. The summed E-state index contributed by atoms with van der Waals surface area (Å²) in [6, 6.07) is 19.5. The van der Waals surface area contributed by atoms with E-state index >= 15 is 0 Å². The highest BCUT2D eigenvalue weighted by Crippen LogP contribution is 2.27. The minimum absolute atomic E-state index is 0.260. The first-order chi connectivity index (χ1) is 13.7. The van der Waals surface area contributed by atoms with Gasteiger partial charge in [0.25, 0.3) is 5.91 Å². The highest BCUT2D eigenvalue weighted by Gasteiger charge is 2.22. The molecule has 0 saturated carbocycles. The van der Waals surface area contributed by atoms with Crippen LogP contribution in [0, 0.1) is 0 Å². The fourth-order valence-corrected chi connectivity index (χ4v) is 3.34. The van der Waals surface area contributed by atoms with Crippen molar-refractivity contribution in [2.45, 2.75) is 13.0 Å². The smallest absolute Gasteiger partial charge is 0.291 e. The van der Waals surface area contributed by atoms with E-state index in [0.717, 1.165) is 30.2 Å². The first kappa shape index (κ1) is 17.9. The second-order valence-electron chi connectivity index (χ2n) is 6.56. The fraction of sp³-hybridized carbons (Fsp3) is 0.182. The minimum atomic E-state index is -0.260. The molecule has 0 saturated heterocycles. The normalized spacial score (nSPS) is 13.3. The summed E-state index contributed by atoms with van der Waals surface area (Å²) in [6.07, 6.45) is 2.51. The monoisotopic (exact) mass is 374 g/mol. The van der Waals surface area contributed by atoms with Gasteiger partial charge in [-0.25, -0.2) is 0 Å². The summed E-state index contributed by atoms with van der Waals surface area (Å²) < 4.78 is 5.10. The number of carbonyl (C=O) groups is 1. The molecule has 1 aromatic heterocycles. The largest absolute Gasteiger partial charge is 0.459 e. The number of hydrogen-bond donors (Lipinski definition) is 2. The number of amides is 1. The summed E-state index contributed by atoms with van der Waals surface area (Å²) in [5.74, 6) is 0.893. The number of fused-ring (bicyclic) bond motifs is 1. The van der Waals surface area contributed by atoms with Crippen LogP contribution in [0.25, 0.3) is 0 Å². The average Bonchev–Trinajstić information content (AvgIpc) is 3.40. The first-order valence-electron chi connectivity index (χ1n) is 9.24. The molecule has 0 spiro atoms. The van der Waals surface area contributed by atoms with Crippen LogP contribution in [0.3, 0.4) is 0 Å². The van der Waals surface area contributed by atoms with Gasteiger partial charge in [-0.15, -0.1) is 0 Å². The van der Waals surface area contributed by atoms with Gasteiger partial charge in [0.1, 0.15) is 0 Å². The predicted molar refractivity (Wildman–Crippen MR) is 111 cm³/mol. The van der Waals surface area contributed by atoms with Gasteiger partial charge in [-0.3, -0.25) is 9.79 Å². The number of nitrogens with one attached hydrogen (secondary N) is 2. The van der Waals surface area contributed by atoms with E-state index in [-0.39, 0.29) is 5.91 Å². The third-order valence-electron chi connectivity index (χ3n) is 4.76. The maximum Gasteiger partial charge on any atom is 0.291 e. The van der Waals surface area contributed by atoms with Crippen molar-refractivity contribution in [3.05, 3.63) is 83.8 Å². The lowest BCUT2D eigenvalue weighted by atomic mass is 10.2. The highest BCUT2D eigenvalue weighted by molar-refractivity contribution is 6.02. The van der Waals surface area contributed by atoms with Gasteiger partial charge < -0.3 is 20.0 Å². The molecule has 6 heteroatoms. The summed E-state index contributed by atoms with van der Waals surface area (Å²) in [5.41, 5.74) is 4.39. The fourth-order valence-electron chi connectivity index (χ4n) is 3.34. The maximum absolute atomic E-state index is 12.0. The Morgan fingerprint density at radius 1 is 1.11 bits per heavy atom. The molecule has 28 heavy (non-hydrogen) atoms. The van der Waals surface area contributed by atoms with Crippen LogP contribution in [0.4, 0.5) is 11.4 Å². The minimum Gasteiger partial charge on any atom is -0.459 e. The number of furan rings is 1. The van der Waals surface area contributed by atoms with Crippen molar-refractivity contribution in [3.8, 4) is 0 Å². The Bertz CT molecular complexity index is 978. The van der Waals surface area contributed by atoms with Crippen molar-refractivity contribution in [3.63, 3.8) is 0 Å². The van der Waals surface area contributed by atoms with Crippen LogP contribution in [-0.2, 0) is 13.0 Å². The number of hydrogen-bond acceptors (Lipinski definition) is 3. The first-order valence-corrected chi connectivity index (χ1v) is 9.24. The molecule has 2 N–H and O–H groups in total. The molecule has 1 aliphatic heterocycles. The van der Waals surface area contributed by atoms with E-state index in [0.29, 0.717) is 12.3 Å². The molecular weight excluding hydrogens is 352 g/mol. The second-order valence-corrected chi connectivity index (χ2v) is 6.56. The zero-order chi connectivity index (χ0) is 19.3. The molecule has 0 unspecified atom stereocenters. The van der Waals surface area contributed by atoms with Crippen molar-refractivity contribution in [2.75, 3.05) is 23.8 Å². The summed E-state index contributed by atoms with van der Waals surface area (Å²) >= 11 is 0. The summed E-state index contributed by atoms with van der Waals surface area (Å²) in [7, 11) is 1.80. The van der Waals surface area contributed by atoms with E-state index in [1.807, 2.05) is 24.3 Å². The van der Waals surface area contributed by atoms with E-state index in [1.54, 1.807) is 19.2 Å². The van der Waals surface area contributed by atoms with Gasteiger partial charge in [0, 0.05) is 31.5 Å². The third kappa shape index (κ3) is 3.76. The maximum atomic E-state index is 12.0. The van der Waals surface area contributed by atoms with Crippen molar-refractivity contribution < 1.29 is 9.21 Å². The molecule has 1 amide bonds. The Morgan fingerprint density at radius 2 is 1.93 bits per heavy atom. The number of aliphatic imine (C=N–C) groups is 1. The van der Waals surface area contributed by atoms with Crippen LogP contribution in [-0.4, -0.2) is 25.5 Å². The Kier molecular flexibility index (Phi) is 5.10. The van der Waals surface area contributed by atoms with Crippen molar-refractivity contribution in [1.29, 1.82) is 0 Å². The lowest BCUT2D eigenvalue weighted by Crippen LogP contribution is -2.40. The summed E-state index contributed by atoms with van der Waals surface area (Å²) in [4.78, 5) is 18.7. The van der Waals surface area contributed by atoms with E-state index in [1.165, 1.54) is 17.5 Å². The van der Waals surface area contributed by atoms with E-state index in [2.05, 4.69) is 44.8 Å². The van der Waals surface area contributed by atoms with E-state index < -0.39 is 0 Å². The predicted octanol–water partition coefficient (Wildman–Crippen LogP) is 3.67. The van der Waals surface area contributed by atoms with Gasteiger partial charge in [-0.2, -0.15) is 0 Å². The number of para-hydroxylation sites is 1. The van der Waals surface area contributed by atoms with Crippen LogP contribution in [0.5, 0.6) is 0 Å². The van der Waals surface area contributed by atoms with Crippen molar-refractivity contribution in [2.24, 2.45) is 4.99 Å². The molecule has 3 aromatic rings. The number of anilines is 2. The van der Waals surface area contributed by atoms with Gasteiger partial charge in [-0.1, -0.05) is 30.3 Å². The van der Waals surface area contributed by atoms with Gasteiger partial charge in [0.15, 0.2) is 11.7 Å². The average molecular weight is 374 g/mol. The number of benzene rings is 2. The van der Waals surface area contributed by atoms with Gasteiger partial charge >= 0.3 is 0 Å². The Hall–Kier alpha value is -3.54. The standard InChI is InChI=1S/C22H22N4O2/c1-23-22(26-13-12-17-5-2-3-6-19(17)26)24-15-16-8-10-18(11-9-16)25-21(27)20-7-4-14-28-20/h2-11,14H,12-13,15H2,1H3,(H,23,24)(H,25,27). The molecule has 0 bridgehead atoms. The Labute approximate surface area is 163 Å². The lowest BCUT2D eigenvalue weighted by molar-refractivity contribution is 0.0996. The second kappa shape index (κ2) is 8.00.